The fourth-order valence-corrected chi connectivity index (χ4v) is 2.68. The first-order valence-corrected chi connectivity index (χ1v) is 6.55. The topological polar surface area (TPSA) is 63.5 Å². The Labute approximate surface area is 112 Å². The third-order valence-electron chi connectivity index (χ3n) is 4.02. The number of hydrogen-bond acceptors (Lipinski definition) is 4. The Kier molecular flexibility index (Phi) is 3.83. The first-order chi connectivity index (χ1) is 9.04. The molecule has 0 bridgehead atoms. The standard InChI is InChI=1S/C14H18N2O3/c1-10-4-3-7-15(11(10)2)13-6-5-12(9-17)8-14(13)16(18)19/h5-6,8-11H,3-4,7H2,1-2H3. The van der Waals surface area contributed by atoms with Crippen LogP contribution in [0.2, 0.25) is 0 Å². The summed E-state index contributed by atoms with van der Waals surface area (Å²) in [4.78, 5) is 23.6. The van der Waals surface area contributed by atoms with E-state index in [1.807, 2.05) is 0 Å². The zero-order valence-electron chi connectivity index (χ0n) is 11.2. The van der Waals surface area contributed by atoms with Crippen LogP contribution >= 0.6 is 0 Å². The van der Waals surface area contributed by atoms with Gasteiger partial charge in [-0.25, -0.2) is 0 Å². The lowest BCUT2D eigenvalue weighted by molar-refractivity contribution is -0.384. The Morgan fingerprint density at radius 3 is 2.79 bits per heavy atom. The monoisotopic (exact) mass is 262 g/mol. The Bertz CT molecular complexity index is 501. The zero-order chi connectivity index (χ0) is 14.0. The van der Waals surface area contributed by atoms with Crippen LogP contribution in [0.4, 0.5) is 11.4 Å². The summed E-state index contributed by atoms with van der Waals surface area (Å²) in [5.41, 5.74) is 0.980. The SMILES string of the molecule is CC1CCCN(c2ccc(C=O)cc2[N+](=O)[O-])C1C. The van der Waals surface area contributed by atoms with Crippen molar-refractivity contribution in [1.29, 1.82) is 0 Å². The fourth-order valence-electron chi connectivity index (χ4n) is 2.68. The maximum atomic E-state index is 11.2. The van der Waals surface area contributed by atoms with Crippen LogP contribution in [0.25, 0.3) is 0 Å². The highest BCUT2D eigenvalue weighted by Gasteiger charge is 2.29. The van der Waals surface area contributed by atoms with Crippen molar-refractivity contribution in [1.82, 2.24) is 0 Å². The Morgan fingerprint density at radius 1 is 1.42 bits per heavy atom. The number of piperidine rings is 1. The van der Waals surface area contributed by atoms with Gasteiger partial charge in [0.1, 0.15) is 12.0 Å². The number of nitro benzene ring substituents is 1. The second-order valence-corrected chi connectivity index (χ2v) is 5.18. The lowest BCUT2D eigenvalue weighted by Gasteiger charge is -2.39. The van der Waals surface area contributed by atoms with Crippen LogP contribution < -0.4 is 4.90 Å². The second kappa shape index (κ2) is 5.38. The zero-order valence-corrected chi connectivity index (χ0v) is 11.2. The second-order valence-electron chi connectivity index (χ2n) is 5.18. The summed E-state index contributed by atoms with van der Waals surface area (Å²) in [6, 6.07) is 4.96. The molecule has 19 heavy (non-hydrogen) atoms. The van der Waals surface area contributed by atoms with Crippen molar-refractivity contribution in [2.45, 2.75) is 32.7 Å². The van der Waals surface area contributed by atoms with Crippen LogP contribution in [0.15, 0.2) is 18.2 Å². The molecule has 1 aromatic rings. The highest BCUT2D eigenvalue weighted by atomic mass is 16.6. The van der Waals surface area contributed by atoms with E-state index in [0.717, 1.165) is 19.4 Å². The minimum atomic E-state index is -0.408. The number of nitrogens with zero attached hydrogens (tertiary/aromatic N) is 2. The Morgan fingerprint density at radius 2 is 2.16 bits per heavy atom. The van der Waals surface area contributed by atoms with E-state index in [2.05, 4.69) is 18.7 Å². The number of anilines is 1. The molecule has 2 unspecified atom stereocenters. The molecule has 2 rings (SSSR count). The van der Waals surface area contributed by atoms with E-state index in [-0.39, 0.29) is 11.7 Å². The summed E-state index contributed by atoms with van der Waals surface area (Å²) < 4.78 is 0. The molecule has 102 valence electrons. The summed E-state index contributed by atoms with van der Waals surface area (Å²) >= 11 is 0. The molecule has 1 saturated heterocycles. The van der Waals surface area contributed by atoms with Gasteiger partial charge in [-0.3, -0.25) is 14.9 Å². The van der Waals surface area contributed by atoms with Gasteiger partial charge in [-0.2, -0.15) is 0 Å². The minimum absolute atomic E-state index is 0.0190. The van der Waals surface area contributed by atoms with Crippen molar-refractivity contribution < 1.29 is 9.72 Å². The van der Waals surface area contributed by atoms with Gasteiger partial charge in [-0.1, -0.05) is 6.92 Å². The number of aldehydes is 1. The molecule has 0 radical (unpaired) electrons. The van der Waals surface area contributed by atoms with E-state index in [1.165, 1.54) is 6.07 Å². The Hall–Kier alpha value is -1.91. The van der Waals surface area contributed by atoms with E-state index in [1.54, 1.807) is 12.1 Å². The molecule has 0 aromatic heterocycles. The van der Waals surface area contributed by atoms with Gasteiger partial charge in [-0.15, -0.1) is 0 Å². The van der Waals surface area contributed by atoms with Crippen molar-refractivity contribution in [3.63, 3.8) is 0 Å². The maximum Gasteiger partial charge on any atom is 0.293 e. The molecule has 1 aliphatic rings. The third kappa shape index (κ3) is 2.59. The van der Waals surface area contributed by atoms with Crippen LogP contribution in [0.3, 0.4) is 0 Å². The van der Waals surface area contributed by atoms with Gasteiger partial charge in [0.2, 0.25) is 0 Å². The van der Waals surface area contributed by atoms with E-state index in [0.29, 0.717) is 23.5 Å². The van der Waals surface area contributed by atoms with Crippen LogP contribution in [-0.2, 0) is 0 Å². The molecule has 0 spiro atoms. The highest BCUT2D eigenvalue weighted by Crippen LogP contribution is 2.35. The summed E-state index contributed by atoms with van der Waals surface area (Å²) in [5, 5.41) is 11.2. The van der Waals surface area contributed by atoms with Gasteiger partial charge in [0, 0.05) is 24.2 Å². The van der Waals surface area contributed by atoms with Crippen molar-refractivity contribution >= 4 is 17.7 Å². The highest BCUT2D eigenvalue weighted by molar-refractivity contribution is 5.79. The molecular weight excluding hydrogens is 244 g/mol. The molecule has 1 aliphatic heterocycles. The predicted octanol–water partition coefficient (Wildman–Crippen LogP) is 3.03. The molecule has 0 aliphatic carbocycles. The van der Waals surface area contributed by atoms with Gasteiger partial charge in [0.05, 0.1) is 4.92 Å². The number of nitro groups is 1. The minimum Gasteiger partial charge on any atom is -0.363 e. The van der Waals surface area contributed by atoms with Crippen molar-refractivity contribution in [2.75, 3.05) is 11.4 Å². The van der Waals surface area contributed by atoms with E-state index >= 15 is 0 Å². The number of hydrogen-bond donors (Lipinski definition) is 0. The van der Waals surface area contributed by atoms with Gasteiger partial charge < -0.3 is 4.90 Å². The summed E-state index contributed by atoms with van der Waals surface area (Å²) in [7, 11) is 0. The van der Waals surface area contributed by atoms with Crippen molar-refractivity contribution in [2.24, 2.45) is 5.92 Å². The van der Waals surface area contributed by atoms with Gasteiger partial charge in [0.15, 0.2) is 0 Å². The molecule has 1 heterocycles. The third-order valence-corrected chi connectivity index (χ3v) is 4.02. The van der Waals surface area contributed by atoms with Gasteiger partial charge in [-0.05, 0) is 37.8 Å². The molecular formula is C14H18N2O3. The van der Waals surface area contributed by atoms with Crippen LogP contribution in [0, 0.1) is 16.0 Å². The molecule has 5 heteroatoms. The van der Waals surface area contributed by atoms with Crippen LogP contribution in [0.1, 0.15) is 37.0 Å². The quantitative estimate of drug-likeness (QED) is 0.477. The number of rotatable bonds is 3. The van der Waals surface area contributed by atoms with Crippen molar-refractivity contribution in [3.8, 4) is 0 Å². The molecule has 1 aromatic carbocycles. The molecule has 0 amide bonds. The van der Waals surface area contributed by atoms with Gasteiger partial charge in [0.25, 0.3) is 5.69 Å². The van der Waals surface area contributed by atoms with Crippen molar-refractivity contribution in [3.05, 3.63) is 33.9 Å². The summed E-state index contributed by atoms with van der Waals surface area (Å²) in [6.45, 7) is 5.09. The van der Waals surface area contributed by atoms with Crippen LogP contribution in [-0.4, -0.2) is 23.8 Å². The van der Waals surface area contributed by atoms with Gasteiger partial charge >= 0.3 is 0 Å². The largest absolute Gasteiger partial charge is 0.363 e. The lowest BCUT2D eigenvalue weighted by Crippen LogP contribution is -2.42. The number of carbonyl (C=O) groups excluding carboxylic acids is 1. The van der Waals surface area contributed by atoms with E-state index in [4.69, 9.17) is 0 Å². The molecule has 0 N–H and O–H groups in total. The number of benzene rings is 1. The normalized spacial score (nSPS) is 23.2. The molecule has 0 saturated carbocycles. The maximum absolute atomic E-state index is 11.2. The number of carbonyl (C=O) groups is 1. The van der Waals surface area contributed by atoms with Crippen LogP contribution in [0.5, 0.6) is 0 Å². The molecule has 2 atom stereocenters. The average molecular weight is 262 g/mol. The van der Waals surface area contributed by atoms with E-state index < -0.39 is 4.92 Å². The fraction of sp³-hybridized carbons (Fsp3) is 0.500. The predicted molar refractivity (Wildman–Crippen MR) is 73.7 cm³/mol. The Balaban J connectivity index is 2.43. The molecule has 5 nitrogen and oxygen atoms in total. The summed E-state index contributed by atoms with van der Waals surface area (Å²) in [6.07, 6.45) is 2.83. The first-order valence-electron chi connectivity index (χ1n) is 6.55. The molecule has 1 fully saturated rings. The summed E-state index contributed by atoms with van der Waals surface area (Å²) in [5.74, 6) is 0.513. The van der Waals surface area contributed by atoms with E-state index in [9.17, 15) is 14.9 Å². The smallest absolute Gasteiger partial charge is 0.293 e. The first kappa shape index (κ1) is 13.5. The lowest BCUT2D eigenvalue weighted by atomic mass is 9.91. The average Bonchev–Trinajstić information content (AvgIpc) is 2.41.